The minimum atomic E-state index is 0.241. The minimum Gasteiger partial charge on any atom is -0.464 e. The van der Waals surface area contributed by atoms with Crippen LogP contribution in [0.1, 0.15) is 24.4 Å². The number of nitrogens with zero attached hydrogens (tertiary/aromatic N) is 3. The Hall–Kier alpha value is -3.08. The maximum Gasteiger partial charge on any atom is 0.140 e. The van der Waals surface area contributed by atoms with E-state index in [-0.39, 0.29) is 6.04 Å². The standard InChI is InChI=1S/C20H20N4O/c1-14-12-16(23-22-14)13-15(2)24-10-9-21-20(24)18-7-4-3-6-17(18)19-8-5-11-25-19/h3-12,15H,13H2,1-2H3,(H,22,23)/t15-/m1/s1. The van der Waals surface area contributed by atoms with Gasteiger partial charge in [-0.25, -0.2) is 4.98 Å². The van der Waals surface area contributed by atoms with Crippen molar-refractivity contribution in [3.05, 3.63) is 72.5 Å². The fraction of sp³-hybridized carbons (Fsp3) is 0.200. The molecule has 0 amide bonds. The second kappa shape index (κ2) is 6.43. The summed E-state index contributed by atoms with van der Waals surface area (Å²) in [5.74, 6) is 1.78. The molecule has 0 bridgehead atoms. The molecule has 1 N–H and O–H groups in total. The number of aromatic amines is 1. The topological polar surface area (TPSA) is 59.6 Å². The van der Waals surface area contributed by atoms with E-state index < -0.39 is 0 Å². The molecule has 126 valence electrons. The van der Waals surface area contributed by atoms with E-state index in [0.717, 1.165) is 40.5 Å². The molecule has 4 rings (SSSR count). The Balaban J connectivity index is 1.71. The predicted octanol–water partition coefficient (Wildman–Crippen LogP) is 4.65. The number of furan rings is 1. The van der Waals surface area contributed by atoms with Crippen molar-refractivity contribution in [3.8, 4) is 22.7 Å². The molecule has 1 atom stereocenters. The average molecular weight is 332 g/mol. The largest absolute Gasteiger partial charge is 0.464 e. The Morgan fingerprint density at radius 1 is 1.16 bits per heavy atom. The van der Waals surface area contributed by atoms with Gasteiger partial charge in [-0.2, -0.15) is 5.10 Å². The van der Waals surface area contributed by atoms with E-state index in [2.05, 4.69) is 44.9 Å². The van der Waals surface area contributed by atoms with Gasteiger partial charge in [0.05, 0.1) is 12.0 Å². The second-order valence-electron chi connectivity index (χ2n) is 6.28. The fourth-order valence-electron chi connectivity index (χ4n) is 3.18. The zero-order valence-corrected chi connectivity index (χ0v) is 14.3. The van der Waals surface area contributed by atoms with Crippen molar-refractivity contribution >= 4 is 0 Å². The van der Waals surface area contributed by atoms with Crippen molar-refractivity contribution in [1.29, 1.82) is 0 Å². The molecule has 5 heteroatoms. The van der Waals surface area contributed by atoms with Crippen molar-refractivity contribution in [2.24, 2.45) is 0 Å². The maximum atomic E-state index is 5.61. The van der Waals surface area contributed by atoms with Gasteiger partial charge in [0.1, 0.15) is 11.6 Å². The molecule has 3 aromatic heterocycles. The van der Waals surface area contributed by atoms with Gasteiger partial charge in [-0.3, -0.25) is 5.10 Å². The van der Waals surface area contributed by atoms with Gasteiger partial charge < -0.3 is 8.98 Å². The van der Waals surface area contributed by atoms with Gasteiger partial charge in [-0.15, -0.1) is 0 Å². The van der Waals surface area contributed by atoms with E-state index in [0.29, 0.717) is 0 Å². The molecule has 0 saturated heterocycles. The molecule has 0 radical (unpaired) electrons. The molecule has 4 aromatic rings. The average Bonchev–Trinajstić information content (AvgIpc) is 3.36. The lowest BCUT2D eigenvalue weighted by Crippen LogP contribution is -2.09. The first-order chi connectivity index (χ1) is 12.2. The third-order valence-corrected chi connectivity index (χ3v) is 4.36. The third-order valence-electron chi connectivity index (χ3n) is 4.36. The van der Waals surface area contributed by atoms with E-state index in [1.54, 1.807) is 6.26 Å². The van der Waals surface area contributed by atoms with Gasteiger partial charge in [-0.1, -0.05) is 24.3 Å². The SMILES string of the molecule is Cc1cc(C[C@@H](C)n2ccnc2-c2ccccc2-c2ccco2)n[nH]1. The Labute approximate surface area is 146 Å². The van der Waals surface area contributed by atoms with Crippen molar-refractivity contribution in [2.45, 2.75) is 26.3 Å². The van der Waals surface area contributed by atoms with Crippen LogP contribution in [-0.2, 0) is 6.42 Å². The molecule has 25 heavy (non-hydrogen) atoms. The molecule has 5 nitrogen and oxygen atoms in total. The van der Waals surface area contributed by atoms with Crippen molar-refractivity contribution < 1.29 is 4.42 Å². The van der Waals surface area contributed by atoms with Crippen molar-refractivity contribution in [3.63, 3.8) is 0 Å². The van der Waals surface area contributed by atoms with E-state index in [1.807, 2.05) is 43.6 Å². The molecule has 3 heterocycles. The van der Waals surface area contributed by atoms with Gasteiger partial charge in [0.25, 0.3) is 0 Å². The number of aryl methyl sites for hydroxylation is 1. The van der Waals surface area contributed by atoms with Gasteiger partial charge in [0.15, 0.2) is 0 Å². The first-order valence-corrected chi connectivity index (χ1v) is 8.39. The second-order valence-corrected chi connectivity index (χ2v) is 6.28. The fourth-order valence-corrected chi connectivity index (χ4v) is 3.18. The highest BCUT2D eigenvalue weighted by Gasteiger charge is 2.17. The van der Waals surface area contributed by atoms with Crippen LogP contribution in [0.25, 0.3) is 22.7 Å². The monoisotopic (exact) mass is 332 g/mol. The van der Waals surface area contributed by atoms with E-state index in [1.165, 1.54) is 0 Å². The Bertz CT molecular complexity index is 965. The zero-order valence-electron chi connectivity index (χ0n) is 14.3. The summed E-state index contributed by atoms with van der Waals surface area (Å²) in [6, 6.07) is 14.4. The summed E-state index contributed by atoms with van der Waals surface area (Å²) in [6.07, 6.45) is 6.41. The summed E-state index contributed by atoms with van der Waals surface area (Å²) < 4.78 is 7.81. The van der Waals surface area contributed by atoms with Crippen LogP contribution in [0.2, 0.25) is 0 Å². The van der Waals surface area contributed by atoms with E-state index >= 15 is 0 Å². The molecular weight excluding hydrogens is 312 g/mol. The number of imidazole rings is 1. The van der Waals surface area contributed by atoms with Crippen molar-refractivity contribution in [2.75, 3.05) is 0 Å². The molecule has 0 aliphatic heterocycles. The summed E-state index contributed by atoms with van der Waals surface area (Å²) in [7, 11) is 0. The molecule has 0 unspecified atom stereocenters. The quantitative estimate of drug-likeness (QED) is 0.579. The number of hydrogen-bond acceptors (Lipinski definition) is 3. The Morgan fingerprint density at radius 3 is 2.72 bits per heavy atom. The van der Waals surface area contributed by atoms with Crippen molar-refractivity contribution in [1.82, 2.24) is 19.7 Å². The number of aromatic nitrogens is 4. The Kier molecular flexibility index (Phi) is 3.98. The summed E-state index contributed by atoms with van der Waals surface area (Å²) in [6.45, 7) is 4.20. The molecule has 0 fully saturated rings. The first kappa shape index (κ1) is 15.4. The van der Waals surface area contributed by atoms with Gasteiger partial charge in [-0.05, 0) is 32.0 Å². The number of H-pyrrole nitrogens is 1. The number of nitrogens with one attached hydrogen (secondary N) is 1. The van der Waals surface area contributed by atoms with Gasteiger partial charge >= 0.3 is 0 Å². The van der Waals surface area contributed by atoms with Gasteiger partial charge in [0.2, 0.25) is 0 Å². The lowest BCUT2D eigenvalue weighted by atomic mass is 10.0. The summed E-state index contributed by atoms with van der Waals surface area (Å²) >= 11 is 0. The van der Waals surface area contributed by atoms with Crippen LogP contribution in [0.5, 0.6) is 0 Å². The lowest BCUT2D eigenvalue weighted by Gasteiger charge is -2.17. The third kappa shape index (κ3) is 3.01. The van der Waals surface area contributed by atoms with Crippen LogP contribution in [0, 0.1) is 6.92 Å². The summed E-state index contributed by atoms with van der Waals surface area (Å²) in [5, 5.41) is 7.36. The van der Waals surface area contributed by atoms with Crippen LogP contribution >= 0.6 is 0 Å². The van der Waals surface area contributed by atoms with Crippen LogP contribution in [0.15, 0.2) is 65.5 Å². The molecule has 0 spiro atoms. The summed E-state index contributed by atoms with van der Waals surface area (Å²) in [5.41, 5.74) is 4.25. The molecular formula is C20H20N4O. The molecule has 0 aliphatic rings. The van der Waals surface area contributed by atoms with Crippen LogP contribution < -0.4 is 0 Å². The normalized spacial score (nSPS) is 12.4. The first-order valence-electron chi connectivity index (χ1n) is 8.39. The predicted molar refractivity (Wildman–Crippen MR) is 97.1 cm³/mol. The number of benzene rings is 1. The lowest BCUT2D eigenvalue weighted by molar-refractivity contribution is 0.542. The Morgan fingerprint density at radius 2 is 2.00 bits per heavy atom. The van der Waals surface area contributed by atoms with Crippen LogP contribution in [0.4, 0.5) is 0 Å². The number of rotatable bonds is 5. The maximum absolute atomic E-state index is 5.61. The zero-order chi connectivity index (χ0) is 17.2. The van der Waals surface area contributed by atoms with Gasteiger partial charge in [0, 0.05) is 41.7 Å². The van der Waals surface area contributed by atoms with Crippen LogP contribution in [0.3, 0.4) is 0 Å². The van der Waals surface area contributed by atoms with E-state index in [4.69, 9.17) is 4.42 Å². The van der Waals surface area contributed by atoms with Crippen LogP contribution in [-0.4, -0.2) is 19.7 Å². The highest BCUT2D eigenvalue weighted by Crippen LogP contribution is 2.32. The summed E-state index contributed by atoms with van der Waals surface area (Å²) in [4.78, 5) is 4.62. The highest BCUT2D eigenvalue weighted by atomic mass is 16.3. The molecule has 1 aromatic carbocycles. The number of hydrogen-bond donors (Lipinski definition) is 1. The smallest absolute Gasteiger partial charge is 0.140 e. The molecule has 0 saturated carbocycles. The molecule has 0 aliphatic carbocycles. The highest BCUT2D eigenvalue weighted by molar-refractivity contribution is 5.78. The van der Waals surface area contributed by atoms with E-state index in [9.17, 15) is 0 Å². The minimum absolute atomic E-state index is 0.241.